The Morgan fingerprint density at radius 2 is 1.70 bits per heavy atom. The predicted molar refractivity (Wildman–Crippen MR) is 146 cm³/mol. The zero-order chi connectivity index (χ0) is 24.9. The van der Waals surface area contributed by atoms with E-state index in [-0.39, 0.29) is 11.6 Å². The highest BCUT2D eigenvalue weighted by Crippen LogP contribution is 2.38. The van der Waals surface area contributed by atoms with Crippen molar-refractivity contribution in [3.05, 3.63) is 60.2 Å². The Morgan fingerprint density at radius 1 is 0.919 bits per heavy atom. The lowest BCUT2D eigenvalue weighted by molar-refractivity contribution is 0.341. The molecule has 190 valence electrons. The van der Waals surface area contributed by atoms with Crippen LogP contribution in [0.15, 0.2) is 48.5 Å². The third-order valence-corrected chi connectivity index (χ3v) is 8.34. The Balaban J connectivity index is 1.36. The van der Waals surface area contributed by atoms with Crippen LogP contribution >= 0.6 is 0 Å². The van der Waals surface area contributed by atoms with Gasteiger partial charge in [-0.15, -0.1) is 0 Å². The van der Waals surface area contributed by atoms with E-state index in [1.165, 1.54) is 25.7 Å². The van der Waals surface area contributed by atoms with Crippen LogP contribution < -0.4 is 10.2 Å². The number of rotatable bonds is 5. The molecule has 3 saturated heterocycles. The van der Waals surface area contributed by atoms with Gasteiger partial charge in [-0.2, -0.15) is 0 Å². The first-order valence-corrected chi connectivity index (χ1v) is 13.6. The number of phenolic OH excluding ortho intramolecular Hbond substituents is 1. The van der Waals surface area contributed by atoms with E-state index in [1.54, 1.807) is 12.1 Å². The maximum Gasteiger partial charge on any atom is 0.157 e. The molecule has 37 heavy (non-hydrogen) atoms. The highest BCUT2D eigenvalue weighted by Gasteiger charge is 2.34. The summed E-state index contributed by atoms with van der Waals surface area (Å²) in [7, 11) is 0. The molecule has 0 aliphatic carbocycles. The molecule has 3 aromatic carbocycles. The van der Waals surface area contributed by atoms with Gasteiger partial charge in [-0.3, -0.25) is 0 Å². The summed E-state index contributed by atoms with van der Waals surface area (Å²) in [5, 5.41) is 16.6. The molecule has 6 nitrogen and oxygen atoms in total. The van der Waals surface area contributed by atoms with E-state index in [0.717, 1.165) is 54.7 Å². The molecule has 3 fully saturated rings. The fraction of sp³-hybridized carbons (Fsp3) is 0.400. The number of likely N-dealkylation sites (tertiary alicyclic amines) is 1. The van der Waals surface area contributed by atoms with Crippen LogP contribution in [0.1, 0.15) is 31.5 Å². The normalized spacial score (nSPS) is 21.9. The average Bonchev–Trinajstić information content (AvgIpc) is 3.56. The van der Waals surface area contributed by atoms with Crippen LogP contribution in [0, 0.1) is 5.82 Å². The Hall–Kier alpha value is -3.29. The van der Waals surface area contributed by atoms with Crippen LogP contribution in [0.25, 0.3) is 32.8 Å². The van der Waals surface area contributed by atoms with Crippen molar-refractivity contribution >= 4 is 27.5 Å². The Morgan fingerprint density at radius 3 is 2.51 bits per heavy atom. The number of halogens is 1. The van der Waals surface area contributed by atoms with Crippen molar-refractivity contribution in [1.82, 2.24) is 20.2 Å². The Labute approximate surface area is 216 Å². The standard InChI is InChI=1S/C30H32FN5O/c31-28-24(26-16-22(37)15-19-5-1-2-6-23(19)26)9-10-25-29(28)33-27(11-14-35-12-3-4-13-35)34-30(25)36-17-20-7-8-21(18-36)32-20/h1-2,5-6,9-10,15-16,20-21,32,37H,3-4,7-8,11-14,17-18H2/t20-,21+. The van der Waals surface area contributed by atoms with Gasteiger partial charge in [0.15, 0.2) is 5.82 Å². The molecule has 0 radical (unpaired) electrons. The molecular weight excluding hydrogens is 465 g/mol. The SMILES string of the molecule is Oc1cc(-c2ccc3c(N4C[C@H]5CC[C@@H](C4)N5)nc(CCN4CCCC4)nc3c2F)c2ccccc2c1. The topological polar surface area (TPSA) is 64.5 Å². The van der Waals surface area contributed by atoms with Gasteiger partial charge in [0.2, 0.25) is 0 Å². The molecule has 0 amide bonds. The Kier molecular flexibility index (Phi) is 5.70. The number of hydrogen-bond acceptors (Lipinski definition) is 6. The first kappa shape index (κ1) is 22.9. The number of aromatic hydroxyl groups is 1. The zero-order valence-corrected chi connectivity index (χ0v) is 21.0. The maximum atomic E-state index is 16.4. The molecule has 3 aliphatic rings. The molecule has 1 aromatic heterocycles. The molecule has 3 aliphatic heterocycles. The smallest absolute Gasteiger partial charge is 0.157 e. The molecule has 0 saturated carbocycles. The summed E-state index contributed by atoms with van der Waals surface area (Å²) >= 11 is 0. The summed E-state index contributed by atoms with van der Waals surface area (Å²) in [5.74, 6) is 1.33. The van der Waals surface area contributed by atoms with Crippen LogP contribution in [-0.4, -0.2) is 64.8 Å². The fourth-order valence-electron chi connectivity index (χ4n) is 6.50. The minimum absolute atomic E-state index is 0.124. The van der Waals surface area contributed by atoms with Crippen LogP contribution in [0.5, 0.6) is 5.75 Å². The molecule has 2 atom stereocenters. The molecule has 2 bridgehead atoms. The monoisotopic (exact) mass is 497 g/mol. The quantitative estimate of drug-likeness (QED) is 0.410. The van der Waals surface area contributed by atoms with E-state index in [9.17, 15) is 5.11 Å². The first-order chi connectivity index (χ1) is 18.1. The number of hydrogen-bond donors (Lipinski definition) is 2. The molecule has 0 spiro atoms. The third kappa shape index (κ3) is 4.20. The molecular formula is C30H32FN5O. The number of nitrogens with one attached hydrogen (secondary N) is 1. The van der Waals surface area contributed by atoms with Crippen molar-refractivity contribution in [2.24, 2.45) is 0 Å². The van der Waals surface area contributed by atoms with Crippen molar-refractivity contribution in [2.75, 3.05) is 37.6 Å². The van der Waals surface area contributed by atoms with E-state index in [2.05, 4.69) is 15.1 Å². The van der Waals surface area contributed by atoms with E-state index < -0.39 is 0 Å². The molecule has 2 N–H and O–H groups in total. The second kappa shape index (κ2) is 9.23. The highest BCUT2D eigenvalue weighted by atomic mass is 19.1. The molecule has 4 aromatic rings. The summed E-state index contributed by atoms with van der Waals surface area (Å²) in [6, 6.07) is 15.8. The maximum absolute atomic E-state index is 16.4. The largest absolute Gasteiger partial charge is 0.508 e. The number of anilines is 1. The van der Waals surface area contributed by atoms with Gasteiger partial charge in [0, 0.05) is 49.1 Å². The third-order valence-electron chi connectivity index (χ3n) is 8.34. The number of piperazine rings is 1. The number of aromatic nitrogens is 2. The fourth-order valence-corrected chi connectivity index (χ4v) is 6.50. The van der Waals surface area contributed by atoms with Crippen LogP contribution in [0.3, 0.4) is 0 Å². The van der Waals surface area contributed by atoms with Gasteiger partial charge in [-0.1, -0.05) is 30.3 Å². The van der Waals surface area contributed by atoms with Gasteiger partial charge in [0.05, 0.1) is 0 Å². The summed E-state index contributed by atoms with van der Waals surface area (Å²) in [4.78, 5) is 14.6. The van der Waals surface area contributed by atoms with Crippen molar-refractivity contribution in [3.8, 4) is 16.9 Å². The summed E-state index contributed by atoms with van der Waals surface area (Å²) < 4.78 is 16.4. The van der Waals surface area contributed by atoms with Gasteiger partial charge in [0.25, 0.3) is 0 Å². The zero-order valence-electron chi connectivity index (χ0n) is 21.0. The summed E-state index contributed by atoms with van der Waals surface area (Å²) in [6.45, 7) is 4.90. The van der Waals surface area contributed by atoms with E-state index in [4.69, 9.17) is 9.97 Å². The molecule has 7 heteroatoms. The minimum atomic E-state index is -0.350. The lowest BCUT2D eigenvalue weighted by Gasteiger charge is -2.34. The number of benzene rings is 3. The number of nitrogens with zero attached hydrogens (tertiary/aromatic N) is 4. The van der Waals surface area contributed by atoms with E-state index in [1.807, 2.05) is 36.4 Å². The van der Waals surface area contributed by atoms with Crippen molar-refractivity contribution in [1.29, 1.82) is 0 Å². The average molecular weight is 498 g/mol. The summed E-state index contributed by atoms with van der Waals surface area (Å²) in [6.07, 6.45) is 5.54. The van der Waals surface area contributed by atoms with Crippen LogP contribution in [-0.2, 0) is 6.42 Å². The molecule has 7 rings (SSSR count). The van der Waals surface area contributed by atoms with Crippen molar-refractivity contribution < 1.29 is 9.50 Å². The Bertz CT molecular complexity index is 1470. The highest BCUT2D eigenvalue weighted by molar-refractivity contribution is 6.01. The predicted octanol–water partition coefficient (Wildman–Crippen LogP) is 4.87. The lowest BCUT2D eigenvalue weighted by atomic mass is 9.96. The first-order valence-electron chi connectivity index (χ1n) is 13.6. The molecule has 0 unspecified atom stereocenters. The minimum Gasteiger partial charge on any atom is -0.508 e. The summed E-state index contributed by atoms with van der Waals surface area (Å²) in [5.41, 5.74) is 1.50. The second-order valence-electron chi connectivity index (χ2n) is 10.8. The van der Waals surface area contributed by atoms with Gasteiger partial charge < -0.3 is 20.2 Å². The van der Waals surface area contributed by atoms with Crippen molar-refractivity contribution in [2.45, 2.75) is 44.2 Å². The van der Waals surface area contributed by atoms with Gasteiger partial charge in [-0.25, -0.2) is 14.4 Å². The van der Waals surface area contributed by atoms with Crippen molar-refractivity contribution in [3.63, 3.8) is 0 Å². The second-order valence-corrected chi connectivity index (χ2v) is 10.8. The van der Waals surface area contributed by atoms with Crippen LogP contribution in [0.4, 0.5) is 10.2 Å². The van der Waals surface area contributed by atoms with Gasteiger partial charge >= 0.3 is 0 Å². The van der Waals surface area contributed by atoms with Gasteiger partial charge in [-0.05, 0) is 73.3 Å². The van der Waals surface area contributed by atoms with E-state index in [0.29, 0.717) is 41.0 Å². The van der Waals surface area contributed by atoms with Gasteiger partial charge in [0.1, 0.15) is 22.9 Å². The molecule has 4 heterocycles. The lowest BCUT2D eigenvalue weighted by Crippen LogP contribution is -2.51. The van der Waals surface area contributed by atoms with E-state index >= 15 is 4.39 Å². The number of fused-ring (bicyclic) bond motifs is 4. The van der Waals surface area contributed by atoms with Crippen LogP contribution in [0.2, 0.25) is 0 Å². The number of phenols is 1.